The van der Waals surface area contributed by atoms with Crippen molar-refractivity contribution in [2.24, 2.45) is 0 Å². The van der Waals surface area contributed by atoms with E-state index in [4.69, 9.17) is 14.7 Å². The lowest BCUT2D eigenvalue weighted by molar-refractivity contribution is -0.116. The maximum Gasteiger partial charge on any atom is 0.237 e. The summed E-state index contributed by atoms with van der Waals surface area (Å²) in [7, 11) is 0. The molecular weight excluding hydrogens is 396 g/mol. The van der Waals surface area contributed by atoms with Gasteiger partial charge in [0.2, 0.25) is 5.91 Å². The molecule has 0 unspecified atom stereocenters. The third-order valence-corrected chi connectivity index (χ3v) is 6.58. The van der Waals surface area contributed by atoms with E-state index >= 15 is 0 Å². The number of para-hydroxylation sites is 2. The number of fused-ring (bicyclic) bond motifs is 2. The van der Waals surface area contributed by atoms with Crippen molar-refractivity contribution in [2.45, 2.75) is 18.0 Å². The lowest BCUT2D eigenvalue weighted by atomic mass is 10.2. The number of amides is 1. The highest BCUT2D eigenvalue weighted by Crippen LogP contribution is 2.30. The van der Waals surface area contributed by atoms with Gasteiger partial charge >= 0.3 is 0 Å². The molecule has 1 fully saturated rings. The van der Waals surface area contributed by atoms with E-state index in [-0.39, 0.29) is 5.91 Å². The standard InChI is InChI=1S/C23H24N4O2S/c28-22(27-10-9-17-5-1-4-8-20(17)27)16-30-23-18-6-2-3-7-19(18)24-21(25-23)15-26-11-13-29-14-12-26/h1-8H,9-16H2. The van der Waals surface area contributed by atoms with Crippen LogP contribution in [-0.2, 0) is 22.5 Å². The van der Waals surface area contributed by atoms with Crippen LogP contribution >= 0.6 is 11.8 Å². The van der Waals surface area contributed by atoms with Gasteiger partial charge in [-0.15, -0.1) is 0 Å². The Labute approximate surface area is 180 Å². The zero-order valence-corrected chi connectivity index (χ0v) is 17.6. The minimum atomic E-state index is 0.127. The molecule has 1 aromatic heterocycles. The molecule has 7 heteroatoms. The smallest absolute Gasteiger partial charge is 0.237 e. The minimum absolute atomic E-state index is 0.127. The molecule has 2 aliphatic heterocycles. The fourth-order valence-corrected chi connectivity index (χ4v) is 4.95. The van der Waals surface area contributed by atoms with Crippen molar-refractivity contribution in [3.05, 3.63) is 59.9 Å². The van der Waals surface area contributed by atoms with Gasteiger partial charge in [-0.2, -0.15) is 0 Å². The summed E-state index contributed by atoms with van der Waals surface area (Å²) < 4.78 is 5.44. The monoisotopic (exact) mass is 420 g/mol. The predicted octanol–water partition coefficient (Wildman–Crippen LogP) is 3.14. The fraction of sp³-hybridized carbons (Fsp3) is 0.348. The van der Waals surface area contributed by atoms with Crippen LogP contribution in [0.2, 0.25) is 0 Å². The van der Waals surface area contributed by atoms with Crippen LogP contribution in [0.25, 0.3) is 10.9 Å². The Morgan fingerprint density at radius 3 is 2.70 bits per heavy atom. The maximum atomic E-state index is 13.0. The van der Waals surface area contributed by atoms with Crippen LogP contribution in [-0.4, -0.2) is 59.4 Å². The number of carbonyl (C=O) groups is 1. The molecule has 0 atom stereocenters. The number of anilines is 1. The summed E-state index contributed by atoms with van der Waals surface area (Å²) in [5, 5.41) is 1.88. The van der Waals surface area contributed by atoms with Gasteiger partial charge in [0, 0.05) is 30.7 Å². The summed E-state index contributed by atoms with van der Waals surface area (Å²) in [4.78, 5) is 26.8. The first kappa shape index (κ1) is 19.5. The van der Waals surface area contributed by atoms with Crippen molar-refractivity contribution in [1.82, 2.24) is 14.9 Å². The molecule has 5 rings (SSSR count). The van der Waals surface area contributed by atoms with Gasteiger partial charge in [0.05, 0.1) is 31.0 Å². The molecule has 0 aliphatic carbocycles. The van der Waals surface area contributed by atoms with Crippen LogP contribution in [0.5, 0.6) is 0 Å². The molecule has 30 heavy (non-hydrogen) atoms. The van der Waals surface area contributed by atoms with Gasteiger partial charge in [0.25, 0.3) is 0 Å². The van der Waals surface area contributed by atoms with E-state index in [1.165, 1.54) is 17.3 Å². The van der Waals surface area contributed by atoms with Crippen LogP contribution in [0.1, 0.15) is 11.4 Å². The number of aromatic nitrogens is 2. The molecule has 1 saturated heterocycles. The summed E-state index contributed by atoms with van der Waals surface area (Å²) in [5.41, 5.74) is 3.22. The van der Waals surface area contributed by atoms with Crippen LogP contribution < -0.4 is 4.90 Å². The molecule has 0 bridgehead atoms. The summed E-state index contributed by atoms with van der Waals surface area (Å²) in [6.45, 7) is 4.75. The van der Waals surface area contributed by atoms with Gasteiger partial charge in [-0.05, 0) is 24.1 Å². The van der Waals surface area contributed by atoms with Crippen molar-refractivity contribution in [3.63, 3.8) is 0 Å². The number of rotatable bonds is 5. The molecule has 0 radical (unpaired) electrons. The lowest BCUT2D eigenvalue weighted by Gasteiger charge is -2.26. The highest BCUT2D eigenvalue weighted by Gasteiger charge is 2.24. The van der Waals surface area contributed by atoms with Crippen molar-refractivity contribution >= 4 is 34.3 Å². The Balaban J connectivity index is 1.35. The SMILES string of the molecule is O=C(CSc1nc(CN2CCOCC2)nc2ccccc12)N1CCc2ccccc21. The van der Waals surface area contributed by atoms with E-state index in [2.05, 4.69) is 11.0 Å². The molecule has 3 heterocycles. The molecule has 2 aromatic carbocycles. The quantitative estimate of drug-likeness (QED) is 0.467. The van der Waals surface area contributed by atoms with Crippen molar-refractivity contribution in [3.8, 4) is 0 Å². The zero-order chi connectivity index (χ0) is 20.3. The van der Waals surface area contributed by atoms with Gasteiger partial charge < -0.3 is 9.64 Å². The Hall–Kier alpha value is -2.48. The average molecular weight is 421 g/mol. The molecule has 1 amide bonds. The van der Waals surface area contributed by atoms with Crippen molar-refractivity contribution in [1.29, 1.82) is 0 Å². The number of ether oxygens (including phenoxy) is 1. The lowest BCUT2D eigenvalue weighted by Crippen LogP contribution is -2.36. The molecule has 2 aliphatic rings. The number of morpholine rings is 1. The number of hydrogen-bond acceptors (Lipinski definition) is 6. The Morgan fingerprint density at radius 1 is 1.00 bits per heavy atom. The van der Waals surface area contributed by atoms with Gasteiger partial charge in [0.15, 0.2) is 0 Å². The summed E-state index contributed by atoms with van der Waals surface area (Å²) in [5.74, 6) is 1.30. The first-order valence-corrected chi connectivity index (χ1v) is 11.3. The zero-order valence-electron chi connectivity index (χ0n) is 16.8. The van der Waals surface area contributed by atoms with Crippen LogP contribution in [0.15, 0.2) is 53.6 Å². The summed E-state index contributed by atoms with van der Waals surface area (Å²) in [6.07, 6.45) is 0.923. The number of thioether (sulfide) groups is 1. The summed E-state index contributed by atoms with van der Waals surface area (Å²) >= 11 is 1.51. The van der Waals surface area contributed by atoms with Gasteiger partial charge in [0.1, 0.15) is 10.9 Å². The van der Waals surface area contributed by atoms with Crippen LogP contribution in [0.4, 0.5) is 5.69 Å². The maximum absolute atomic E-state index is 13.0. The summed E-state index contributed by atoms with van der Waals surface area (Å²) in [6, 6.07) is 16.2. The van der Waals surface area contributed by atoms with E-state index in [1.807, 2.05) is 47.4 Å². The van der Waals surface area contributed by atoms with E-state index in [9.17, 15) is 4.79 Å². The third-order valence-electron chi connectivity index (χ3n) is 5.60. The highest BCUT2D eigenvalue weighted by atomic mass is 32.2. The van der Waals surface area contributed by atoms with Crippen molar-refractivity contribution < 1.29 is 9.53 Å². The number of hydrogen-bond donors (Lipinski definition) is 0. The highest BCUT2D eigenvalue weighted by molar-refractivity contribution is 8.00. The molecule has 6 nitrogen and oxygen atoms in total. The fourth-order valence-electron chi connectivity index (χ4n) is 4.04. The normalized spacial score (nSPS) is 16.7. The second-order valence-electron chi connectivity index (χ2n) is 7.56. The van der Waals surface area contributed by atoms with Gasteiger partial charge in [-0.3, -0.25) is 9.69 Å². The average Bonchev–Trinajstić information content (AvgIpc) is 3.22. The first-order chi connectivity index (χ1) is 14.8. The first-order valence-electron chi connectivity index (χ1n) is 10.3. The molecule has 0 spiro atoms. The predicted molar refractivity (Wildman–Crippen MR) is 119 cm³/mol. The van der Waals surface area contributed by atoms with E-state index in [0.29, 0.717) is 12.3 Å². The molecule has 0 saturated carbocycles. The third kappa shape index (κ3) is 4.05. The largest absolute Gasteiger partial charge is 0.379 e. The molecule has 3 aromatic rings. The van der Waals surface area contributed by atoms with Gasteiger partial charge in [-0.25, -0.2) is 9.97 Å². The molecule has 154 valence electrons. The van der Waals surface area contributed by atoms with Crippen LogP contribution in [0.3, 0.4) is 0 Å². The van der Waals surface area contributed by atoms with Gasteiger partial charge in [-0.1, -0.05) is 48.2 Å². The van der Waals surface area contributed by atoms with E-state index in [0.717, 1.165) is 66.7 Å². The Morgan fingerprint density at radius 2 is 1.80 bits per heavy atom. The van der Waals surface area contributed by atoms with E-state index in [1.54, 1.807) is 0 Å². The number of carbonyl (C=O) groups excluding carboxylic acids is 1. The molecule has 0 N–H and O–H groups in total. The second kappa shape index (κ2) is 8.71. The topological polar surface area (TPSA) is 58.6 Å². The Kier molecular flexibility index (Phi) is 5.66. The minimum Gasteiger partial charge on any atom is -0.379 e. The number of benzene rings is 2. The molecular formula is C23H24N4O2S. The number of nitrogens with zero attached hydrogens (tertiary/aromatic N) is 4. The Bertz CT molecular complexity index is 1070. The van der Waals surface area contributed by atoms with E-state index < -0.39 is 0 Å². The second-order valence-corrected chi connectivity index (χ2v) is 8.53. The van der Waals surface area contributed by atoms with Crippen LogP contribution in [0, 0.1) is 0 Å². The van der Waals surface area contributed by atoms with Crippen molar-refractivity contribution in [2.75, 3.05) is 43.5 Å².